The standard InChI is InChI=1S/C21H25F3N2O2/c1-13-10-17(11-14(2)18(13)25)26(19(27)28-20(3,4)5)12-15-6-8-16(9-7-15)21(22,23)24/h6-11H,12,25H2,1-5H3. The fraction of sp³-hybridized carbons (Fsp3) is 0.381. The van der Waals surface area contributed by atoms with Gasteiger partial charge in [0.25, 0.3) is 0 Å². The fourth-order valence-electron chi connectivity index (χ4n) is 2.67. The van der Waals surface area contributed by atoms with Crippen molar-refractivity contribution in [2.24, 2.45) is 0 Å². The van der Waals surface area contributed by atoms with Crippen LogP contribution in [0.15, 0.2) is 36.4 Å². The van der Waals surface area contributed by atoms with Crippen LogP contribution in [-0.4, -0.2) is 11.7 Å². The number of nitrogens with zero attached hydrogens (tertiary/aromatic N) is 1. The topological polar surface area (TPSA) is 55.6 Å². The number of carbonyl (C=O) groups is 1. The number of carbonyl (C=O) groups excluding carboxylic acids is 1. The molecule has 0 saturated heterocycles. The smallest absolute Gasteiger partial charge is 0.416 e. The molecule has 0 unspecified atom stereocenters. The first-order valence-corrected chi connectivity index (χ1v) is 8.81. The predicted octanol–water partition coefficient (Wildman–Crippen LogP) is 5.85. The number of benzene rings is 2. The van der Waals surface area contributed by atoms with E-state index < -0.39 is 23.4 Å². The second kappa shape index (κ2) is 7.73. The minimum atomic E-state index is -4.41. The molecule has 28 heavy (non-hydrogen) atoms. The molecule has 152 valence electrons. The van der Waals surface area contributed by atoms with Gasteiger partial charge in [0.1, 0.15) is 5.60 Å². The van der Waals surface area contributed by atoms with Crippen LogP contribution >= 0.6 is 0 Å². The first kappa shape index (κ1) is 21.6. The second-order valence-electron chi connectivity index (χ2n) is 7.75. The molecule has 1 amide bonds. The molecule has 0 aromatic heterocycles. The van der Waals surface area contributed by atoms with E-state index in [1.54, 1.807) is 32.9 Å². The van der Waals surface area contributed by atoms with Gasteiger partial charge in [-0.2, -0.15) is 13.2 Å². The van der Waals surface area contributed by atoms with Gasteiger partial charge >= 0.3 is 12.3 Å². The van der Waals surface area contributed by atoms with Crippen molar-refractivity contribution >= 4 is 17.5 Å². The second-order valence-corrected chi connectivity index (χ2v) is 7.75. The van der Waals surface area contributed by atoms with Crippen LogP contribution in [0.4, 0.5) is 29.3 Å². The molecule has 7 heteroatoms. The summed E-state index contributed by atoms with van der Waals surface area (Å²) in [5.41, 5.74) is 7.89. The zero-order valence-electron chi connectivity index (χ0n) is 16.6. The summed E-state index contributed by atoms with van der Waals surface area (Å²) < 4.78 is 43.9. The number of ether oxygens (including phenoxy) is 1. The van der Waals surface area contributed by atoms with Crippen LogP contribution in [0.2, 0.25) is 0 Å². The van der Waals surface area contributed by atoms with E-state index in [-0.39, 0.29) is 6.54 Å². The average Bonchev–Trinajstić information content (AvgIpc) is 2.55. The molecule has 0 aliphatic carbocycles. The Bertz CT molecular complexity index is 830. The van der Waals surface area contributed by atoms with Crippen LogP contribution in [0.5, 0.6) is 0 Å². The van der Waals surface area contributed by atoms with Gasteiger partial charge in [0, 0.05) is 11.4 Å². The molecule has 4 nitrogen and oxygen atoms in total. The summed E-state index contributed by atoms with van der Waals surface area (Å²) in [5, 5.41) is 0. The summed E-state index contributed by atoms with van der Waals surface area (Å²) in [6.07, 6.45) is -5.00. The number of amides is 1. The highest BCUT2D eigenvalue weighted by Crippen LogP contribution is 2.31. The summed E-state index contributed by atoms with van der Waals surface area (Å²) in [6.45, 7) is 8.98. The summed E-state index contributed by atoms with van der Waals surface area (Å²) in [5.74, 6) is 0. The number of nitrogen functional groups attached to an aromatic ring is 1. The number of anilines is 2. The monoisotopic (exact) mass is 394 g/mol. The number of hydrogen-bond donors (Lipinski definition) is 1. The lowest BCUT2D eigenvalue weighted by Crippen LogP contribution is -2.36. The highest BCUT2D eigenvalue weighted by molar-refractivity contribution is 5.88. The van der Waals surface area contributed by atoms with Gasteiger partial charge in [-0.3, -0.25) is 4.90 Å². The van der Waals surface area contributed by atoms with Crippen molar-refractivity contribution in [2.45, 2.75) is 52.9 Å². The van der Waals surface area contributed by atoms with Crippen LogP contribution < -0.4 is 10.6 Å². The van der Waals surface area contributed by atoms with Crippen molar-refractivity contribution < 1.29 is 22.7 Å². The van der Waals surface area contributed by atoms with Gasteiger partial charge in [-0.1, -0.05) is 12.1 Å². The highest BCUT2D eigenvalue weighted by atomic mass is 19.4. The Balaban J connectivity index is 2.40. The maximum Gasteiger partial charge on any atom is 0.416 e. The summed E-state index contributed by atoms with van der Waals surface area (Å²) >= 11 is 0. The lowest BCUT2D eigenvalue weighted by Gasteiger charge is -2.28. The molecular weight excluding hydrogens is 369 g/mol. The molecule has 0 fully saturated rings. The molecule has 0 atom stereocenters. The molecule has 0 aliphatic heterocycles. The van der Waals surface area contributed by atoms with Crippen molar-refractivity contribution in [3.05, 3.63) is 58.7 Å². The van der Waals surface area contributed by atoms with Crippen molar-refractivity contribution in [1.29, 1.82) is 0 Å². The van der Waals surface area contributed by atoms with Gasteiger partial charge in [0.2, 0.25) is 0 Å². The van der Waals surface area contributed by atoms with Gasteiger partial charge in [-0.05, 0) is 75.6 Å². The molecule has 2 rings (SSSR count). The normalized spacial score (nSPS) is 12.0. The van der Waals surface area contributed by atoms with E-state index in [2.05, 4.69) is 0 Å². The maximum absolute atomic E-state index is 12.8. The van der Waals surface area contributed by atoms with E-state index in [1.807, 2.05) is 13.8 Å². The lowest BCUT2D eigenvalue weighted by atomic mass is 10.1. The van der Waals surface area contributed by atoms with E-state index in [0.29, 0.717) is 16.9 Å². The average molecular weight is 394 g/mol. The predicted molar refractivity (Wildman–Crippen MR) is 104 cm³/mol. The van der Waals surface area contributed by atoms with Crippen LogP contribution in [-0.2, 0) is 17.5 Å². The number of nitrogens with two attached hydrogens (primary N) is 1. The third-order valence-corrected chi connectivity index (χ3v) is 4.13. The molecule has 2 aromatic carbocycles. The van der Waals surface area contributed by atoms with Crippen molar-refractivity contribution in [3.63, 3.8) is 0 Å². The zero-order chi connectivity index (χ0) is 21.3. The molecule has 0 aliphatic rings. The third kappa shape index (κ3) is 5.41. The largest absolute Gasteiger partial charge is 0.443 e. The number of alkyl halides is 3. The number of aryl methyl sites for hydroxylation is 2. The van der Waals surface area contributed by atoms with E-state index in [0.717, 1.165) is 23.3 Å². The third-order valence-electron chi connectivity index (χ3n) is 4.13. The van der Waals surface area contributed by atoms with Crippen LogP contribution in [0.25, 0.3) is 0 Å². The van der Waals surface area contributed by atoms with Gasteiger partial charge in [0.15, 0.2) is 0 Å². The van der Waals surface area contributed by atoms with E-state index in [4.69, 9.17) is 10.5 Å². The van der Waals surface area contributed by atoms with Crippen molar-refractivity contribution in [3.8, 4) is 0 Å². The van der Waals surface area contributed by atoms with Crippen molar-refractivity contribution in [2.75, 3.05) is 10.6 Å². The Labute approximate surface area is 163 Å². The van der Waals surface area contributed by atoms with Gasteiger partial charge in [0.05, 0.1) is 12.1 Å². The van der Waals surface area contributed by atoms with Gasteiger partial charge in [-0.25, -0.2) is 4.79 Å². The molecular formula is C21H25F3N2O2. The number of halogens is 3. The molecule has 0 saturated carbocycles. The van der Waals surface area contributed by atoms with Crippen LogP contribution in [0, 0.1) is 13.8 Å². The lowest BCUT2D eigenvalue weighted by molar-refractivity contribution is -0.137. The summed E-state index contributed by atoms with van der Waals surface area (Å²) in [7, 11) is 0. The fourth-order valence-corrected chi connectivity index (χ4v) is 2.67. The molecule has 0 radical (unpaired) electrons. The Morgan fingerprint density at radius 2 is 1.54 bits per heavy atom. The van der Waals surface area contributed by atoms with E-state index >= 15 is 0 Å². The van der Waals surface area contributed by atoms with Gasteiger partial charge in [-0.15, -0.1) is 0 Å². The van der Waals surface area contributed by atoms with Crippen LogP contribution in [0.1, 0.15) is 43.0 Å². The number of hydrogen-bond acceptors (Lipinski definition) is 3. The van der Waals surface area contributed by atoms with Crippen molar-refractivity contribution in [1.82, 2.24) is 0 Å². The summed E-state index contributed by atoms with van der Waals surface area (Å²) in [4.78, 5) is 14.2. The maximum atomic E-state index is 12.8. The Hall–Kier alpha value is -2.70. The Morgan fingerprint density at radius 1 is 1.04 bits per heavy atom. The van der Waals surface area contributed by atoms with E-state index in [1.165, 1.54) is 17.0 Å². The molecule has 0 heterocycles. The van der Waals surface area contributed by atoms with Gasteiger partial charge < -0.3 is 10.5 Å². The van der Waals surface area contributed by atoms with E-state index in [9.17, 15) is 18.0 Å². The minimum Gasteiger partial charge on any atom is -0.443 e. The number of rotatable bonds is 3. The summed E-state index contributed by atoms with van der Waals surface area (Å²) in [6, 6.07) is 8.24. The quantitative estimate of drug-likeness (QED) is 0.665. The van der Waals surface area contributed by atoms with Crippen LogP contribution in [0.3, 0.4) is 0 Å². The SMILES string of the molecule is Cc1cc(N(Cc2ccc(C(F)(F)F)cc2)C(=O)OC(C)(C)C)cc(C)c1N. The minimum absolute atomic E-state index is 0.0653. The first-order valence-electron chi connectivity index (χ1n) is 8.81. The molecule has 2 aromatic rings. The zero-order valence-corrected chi connectivity index (χ0v) is 16.6. The first-order chi connectivity index (χ1) is 12.8. The molecule has 0 bridgehead atoms. The molecule has 2 N–H and O–H groups in total. The molecule has 0 spiro atoms. The Kier molecular flexibility index (Phi) is 5.97. The Morgan fingerprint density at radius 3 is 1.96 bits per heavy atom. The highest BCUT2D eigenvalue weighted by Gasteiger charge is 2.30.